The molecule has 5 nitrogen and oxygen atoms in total. The Morgan fingerprint density at radius 3 is 2.38 bits per heavy atom. The topological polar surface area (TPSA) is 66.5 Å². The van der Waals surface area contributed by atoms with Crippen molar-refractivity contribution in [2.75, 3.05) is 18.4 Å². The van der Waals surface area contributed by atoms with Gasteiger partial charge in [0.05, 0.1) is 11.7 Å². The fourth-order valence-corrected chi connectivity index (χ4v) is 5.79. The maximum Gasteiger partial charge on any atom is 0.228 e. The molecule has 0 radical (unpaired) electrons. The lowest BCUT2D eigenvalue weighted by atomic mass is 9.98. The average Bonchev–Trinajstić information content (AvgIpc) is 2.66. The number of aryl methyl sites for hydroxylation is 4. The summed E-state index contributed by atoms with van der Waals surface area (Å²) in [5.41, 5.74) is 5.81. The number of carbonyl (C=O) groups excluding carboxylic acids is 1. The molecular formula is C23H30N2O3S. The SMILES string of the molecule is Cc1cc(C)c(NC(=O)[C@@H]2CCCN(S(=O)(=O)Cc3ccccc3C)C2)c(C)c1. The number of amides is 1. The minimum absolute atomic E-state index is 0.0236. The molecule has 156 valence electrons. The molecule has 1 saturated heterocycles. The van der Waals surface area contributed by atoms with E-state index in [4.69, 9.17) is 0 Å². The van der Waals surface area contributed by atoms with Crippen molar-refractivity contribution in [3.63, 3.8) is 0 Å². The summed E-state index contributed by atoms with van der Waals surface area (Å²) in [6.45, 7) is 8.63. The van der Waals surface area contributed by atoms with Crippen molar-refractivity contribution >= 4 is 21.6 Å². The molecule has 1 N–H and O–H groups in total. The van der Waals surface area contributed by atoms with E-state index in [1.807, 2.05) is 64.1 Å². The number of rotatable bonds is 5. The number of piperidine rings is 1. The van der Waals surface area contributed by atoms with E-state index in [2.05, 4.69) is 5.32 Å². The largest absolute Gasteiger partial charge is 0.325 e. The third kappa shape index (κ3) is 5.06. The van der Waals surface area contributed by atoms with Crippen molar-refractivity contribution in [1.82, 2.24) is 4.31 Å². The highest BCUT2D eigenvalue weighted by Gasteiger charge is 2.32. The van der Waals surface area contributed by atoms with Crippen LogP contribution in [0.5, 0.6) is 0 Å². The molecule has 29 heavy (non-hydrogen) atoms. The molecule has 0 aromatic heterocycles. The van der Waals surface area contributed by atoms with Gasteiger partial charge in [0, 0.05) is 18.8 Å². The number of nitrogens with one attached hydrogen (secondary N) is 1. The van der Waals surface area contributed by atoms with Crippen LogP contribution in [-0.4, -0.2) is 31.7 Å². The second-order valence-corrected chi connectivity index (χ2v) is 10.1. The molecule has 1 amide bonds. The van der Waals surface area contributed by atoms with E-state index in [-0.39, 0.29) is 24.1 Å². The second-order valence-electron chi connectivity index (χ2n) is 8.14. The first kappa shape index (κ1) is 21.5. The zero-order valence-electron chi connectivity index (χ0n) is 17.7. The predicted molar refractivity (Wildman–Crippen MR) is 117 cm³/mol. The third-order valence-corrected chi connectivity index (χ3v) is 7.47. The minimum Gasteiger partial charge on any atom is -0.325 e. The van der Waals surface area contributed by atoms with Gasteiger partial charge in [0.1, 0.15) is 0 Å². The van der Waals surface area contributed by atoms with Gasteiger partial charge >= 0.3 is 0 Å². The van der Waals surface area contributed by atoms with Gasteiger partial charge in [-0.15, -0.1) is 0 Å². The van der Waals surface area contributed by atoms with Crippen LogP contribution >= 0.6 is 0 Å². The van der Waals surface area contributed by atoms with Crippen LogP contribution in [0.3, 0.4) is 0 Å². The standard InChI is InChI=1S/C23H30N2O3S/c1-16-12-18(3)22(19(4)13-16)24-23(26)20-10-7-11-25(14-20)29(27,28)15-21-9-6-5-8-17(21)2/h5-6,8-9,12-13,20H,7,10-11,14-15H2,1-4H3,(H,24,26)/t20-/m1/s1. The summed E-state index contributed by atoms with van der Waals surface area (Å²) in [6.07, 6.45) is 1.39. The van der Waals surface area contributed by atoms with Crippen molar-refractivity contribution in [2.24, 2.45) is 5.92 Å². The van der Waals surface area contributed by atoms with Gasteiger partial charge in [-0.1, -0.05) is 42.0 Å². The van der Waals surface area contributed by atoms with E-state index in [0.717, 1.165) is 33.5 Å². The summed E-state index contributed by atoms with van der Waals surface area (Å²) < 4.78 is 27.4. The maximum atomic E-state index is 13.0. The van der Waals surface area contributed by atoms with E-state index >= 15 is 0 Å². The molecule has 2 aromatic rings. The lowest BCUT2D eigenvalue weighted by Crippen LogP contribution is -2.44. The highest BCUT2D eigenvalue weighted by Crippen LogP contribution is 2.26. The zero-order valence-corrected chi connectivity index (χ0v) is 18.5. The Bertz CT molecular complexity index is 992. The molecule has 1 heterocycles. The lowest BCUT2D eigenvalue weighted by molar-refractivity contribution is -0.120. The maximum absolute atomic E-state index is 13.0. The van der Waals surface area contributed by atoms with Crippen LogP contribution in [0.25, 0.3) is 0 Å². The van der Waals surface area contributed by atoms with Crippen LogP contribution in [0.15, 0.2) is 36.4 Å². The van der Waals surface area contributed by atoms with Crippen molar-refractivity contribution < 1.29 is 13.2 Å². The predicted octanol–water partition coefficient (Wildman–Crippen LogP) is 4.10. The molecule has 1 fully saturated rings. The van der Waals surface area contributed by atoms with Gasteiger partial charge in [-0.2, -0.15) is 0 Å². The summed E-state index contributed by atoms with van der Waals surface area (Å²) in [5.74, 6) is -0.462. The minimum atomic E-state index is -3.47. The Hall–Kier alpha value is -2.18. The number of anilines is 1. The molecule has 1 aliphatic heterocycles. The smallest absolute Gasteiger partial charge is 0.228 e. The Labute approximate surface area is 174 Å². The van der Waals surface area contributed by atoms with E-state index in [1.165, 1.54) is 4.31 Å². The Morgan fingerprint density at radius 1 is 1.07 bits per heavy atom. The fourth-order valence-electron chi connectivity index (χ4n) is 4.07. The van der Waals surface area contributed by atoms with Crippen LogP contribution in [0.2, 0.25) is 0 Å². The summed E-state index contributed by atoms with van der Waals surface area (Å²) in [4.78, 5) is 12.9. The van der Waals surface area contributed by atoms with Crippen molar-refractivity contribution in [3.05, 3.63) is 64.2 Å². The molecule has 0 bridgehead atoms. The Balaban J connectivity index is 1.72. The summed E-state index contributed by atoms with van der Waals surface area (Å²) >= 11 is 0. The van der Waals surface area contributed by atoms with Crippen LogP contribution in [0, 0.1) is 33.6 Å². The Kier molecular flexibility index (Phi) is 6.44. The number of carbonyl (C=O) groups is 1. The van der Waals surface area contributed by atoms with Gasteiger partial charge in [0.25, 0.3) is 0 Å². The first-order valence-corrected chi connectivity index (χ1v) is 11.7. The zero-order chi connectivity index (χ0) is 21.2. The van der Waals surface area contributed by atoms with Crippen LogP contribution < -0.4 is 5.32 Å². The molecule has 0 saturated carbocycles. The van der Waals surface area contributed by atoms with Crippen LogP contribution in [-0.2, 0) is 20.6 Å². The van der Waals surface area contributed by atoms with Gasteiger partial charge in [0.15, 0.2) is 0 Å². The highest BCUT2D eigenvalue weighted by atomic mass is 32.2. The number of hydrogen-bond donors (Lipinski definition) is 1. The molecule has 1 atom stereocenters. The quantitative estimate of drug-likeness (QED) is 0.801. The molecule has 6 heteroatoms. The van der Waals surface area contributed by atoms with E-state index in [1.54, 1.807) is 0 Å². The lowest BCUT2D eigenvalue weighted by Gasteiger charge is -2.31. The molecule has 0 unspecified atom stereocenters. The average molecular weight is 415 g/mol. The molecule has 0 spiro atoms. The first-order valence-electron chi connectivity index (χ1n) is 10.1. The van der Waals surface area contributed by atoms with E-state index in [9.17, 15) is 13.2 Å². The summed E-state index contributed by atoms with van der Waals surface area (Å²) in [5, 5.41) is 3.05. The van der Waals surface area contributed by atoms with Gasteiger partial charge in [-0.25, -0.2) is 12.7 Å². The second kappa shape index (κ2) is 8.67. The fraction of sp³-hybridized carbons (Fsp3) is 0.435. The van der Waals surface area contributed by atoms with Gasteiger partial charge in [-0.3, -0.25) is 4.79 Å². The number of benzene rings is 2. The monoisotopic (exact) mass is 414 g/mol. The van der Waals surface area contributed by atoms with Gasteiger partial charge < -0.3 is 5.32 Å². The molecule has 3 rings (SSSR count). The van der Waals surface area contributed by atoms with Gasteiger partial charge in [0.2, 0.25) is 15.9 Å². The summed E-state index contributed by atoms with van der Waals surface area (Å²) in [6, 6.07) is 11.6. The van der Waals surface area contributed by atoms with Crippen molar-refractivity contribution in [2.45, 2.75) is 46.3 Å². The first-order chi connectivity index (χ1) is 13.7. The number of nitrogens with zero attached hydrogens (tertiary/aromatic N) is 1. The molecule has 1 aliphatic rings. The van der Waals surface area contributed by atoms with Crippen LogP contribution in [0.1, 0.15) is 40.7 Å². The molecular weight excluding hydrogens is 384 g/mol. The van der Waals surface area contributed by atoms with E-state index in [0.29, 0.717) is 19.4 Å². The molecule has 2 aromatic carbocycles. The van der Waals surface area contributed by atoms with E-state index < -0.39 is 10.0 Å². The third-order valence-electron chi connectivity index (χ3n) is 5.67. The Morgan fingerprint density at radius 2 is 1.72 bits per heavy atom. The molecule has 0 aliphatic carbocycles. The van der Waals surface area contributed by atoms with Crippen molar-refractivity contribution in [3.8, 4) is 0 Å². The normalized spacial score (nSPS) is 17.9. The number of sulfonamides is 1. The highest BCUT2D eigenvalue weighted by molar-refractivity contribution is 7.88. The number of hydrogen-bond acceptors (Lipinski definition) is 3. The van der Waals surface area contributed by atoms with Gasteiger partial charge in [-0.05, 0) is 62.8 Å². The van der Waals surface area contributed by atoms with Crippen molar-refractivity contribution in [1.29, 1.82) is 0 Å². The van der Waals surface area contributed by atoms with Crippen LogP contribution in [0.4, 0.5) is 5.69 Å². The summed E-state index contributed by atoms with van der Waals surface area (Å²) in [7, 11) is -3.47.